The number of likely N-dealkylation sites (tertiary alicyclic amines) is 1. The highest BCUT2D eigenvalue weighted by atomic mass is 16.5. The maximum atomic E-state index is 12.5. The Balaban J connectivity index is 2.01. The maximum absolute atomic E-state index is 12.5. The minimum Gasteiger partial charge on any atom is -0.491 e. The van der Waals surface area contributed by atoms with Gasteiger partial charge < -0.3 is 20.1 Å². The van der Waals surface area contributed by atoms with E-state index in [0.717, 1.165) is 49.2 Å². The molecule has 0 aromatic heterocycles. The maximum Gasteiger partial charge on any atom is 0.321 e. The van der Waals surface area contributed by atoms with E-state index in [9.17, 15) is 4.79 Å². The number of hydrogen-bond acceptors (Lipinski definition) is 3. The first-order valence-corrected chi connectivity index (χ1v) is 8.54. The summed E-state index contributed by atoms with van der Waals surface area (Å²) in [6.45, 7) is 6.37. The molecule has 1 atom stereocenters. The molecule has 1 aromatic carbocycles. The molecule has 23 heavy (non-hydrogen) atoms. The summed E-state index contributed by atoms with van der Waals surface area (Å²) in [5.74, 6) is 1.12. The second kappa shape index (κ2) is 8.77. The molecule has 0 bridgehead atoms. The molecule has 1 heterocycles. The first-order chi connectivity index (χ1) is 11.1. The molecule has 2 N–H and O–H groups in total. The van der Waals surface area contributed by atoms with Crippen molar-refractivity contribution < 1.29 is 14.6 Å². The summed E-state index contributed by atoms with van der Waals surface area (Å²) in [7, 11) is 0. The standard InChI is InChI=1S/C18H28N2O3/c1-3-11-23-17-12-14(2)6-7-16(17)19-18(22)20-9-4-5-15(13-20)8-10-21/h6-7,12,15,21H,3-5,8-11,13H2,1-2H3,(H,19,22)/t15-/m0/s1. The summed E-state index contributed by atoms with van der Waals surface area (Å²) in [4.78, 5) is 14.4. The Labute approximate surface area is 138 Å². The number of hydrogen-bond donors (Lipinski definition) is 2. The summed E-state index contributed by atoms with van der Waals surface area (Å²) in [6, 6.07) is 5.74. The number of anilines is 1. The van der Waals surface area contributed by atoms with Crippen molar-refractivity contribution in [2.45, 2.75) is 39.5 Å². The zero-order chi connectivity index (χ0) is 16.7. The third-order valence-corrected chi connectivity index (χ3v) is 4.18. The lowest BCUT2D eigenvalue weighted by molar-refractivity contribution is 0.159. The van der Waals surface area contributed by atoms with E-state index < -0.39 is 0 Å². The van der Waals surface area contributed by atoms with E-state index in [-0.39, 0.29) is 12.6 Å². The summed E-state index contributed by atoms with van der Waals surface area (Å²) >= 11 is 0. The van der Waals surface area contributed by atoms with Gasteiger partial charge in [-0.3, -0.25) is 0 Å². The number of ether oxygens (including phenoxy) is 1. The van der Waals surface area contributed by atoms with Gasteiger partial charge in [-0.05, 0) is 56.2 Å². The summed E-state index contributed by atoms with van der Waals surface area (Å²) in [6.07, 6.45) is 3.76. The van der Waals surface area contributed by atoms with Crippen molar-refractivity contribution in [3.05, 3.63) is 23.8 Å². The van der Waals surface area contributed by atoms with Gasteiger partial charge in [0.05, 0.1) is 12.3 Å². The Morgan fingerprint density at radius 3 is 3.04 bits per heavy atom. The van der Waals surface area contributed by atoms with Crippen LogP contribution in [-0.4, -0.2) is 42.3 Å². The number of nitrogens with one attached hydrogen (secondary N) is 1. The molecule has 0 aliphatic carbocycles. The third-order valence-electron chi connectivity index (χ3n) is 4.18. The molecule has 1 fully saturated rings. The van der Waals surface area contributed by atoms with Gasteiger partial charge >= 0.3 is 6.03 Å². The second-order valence-corrected chi connectivity index (χ2v) is 6.24. The van der Waals surface area contributed by atoms with Crippen LogP contribution >= 0.6 is 0 Å². The van der Waals surface area contributed by atoms with Crippen molar-refractivity contribution in [2.24, 2.45) is 5.92 Å². The zero-order valence-electron chi connectivity index (χ0n) is 14.2. The third kappa shape index (κ3) is 5.13. The summed E-state index contributed by atoms with van der Waals surface area (Å²) in [5, 5.41) is 12.1. The predicted molar refractivity (Wildman–Crippen MR) is 92.0 cm³/mol. The van der Waals surface area contributed by atoms with Crippen LogP contribution in [0.1, 0.15) is 38.2 Å². The van der Waals surface area contributed by atoms with Crippen molar-refractivity contribution in [3.8, 4) is 5.75 Å². The van der Waals surface area contributed by atoms with Crippen molar-refractivity contribution >= 4 is 11.7 Å². The Bertz CT molecular complexity index is 517. The number of aliphatic hydroxyl groups excluding tert-OH is 1. The van der Waals surface area contributed by atoms with Gasteiger partial charge in [0, 0.05) is 19.7 Å². The molecule has 0 saturated carbocycles. The first kappa shape index (κ1) is 17.6. The topological polar surface area (TPSA) is 61.8 Å². The molecule has 5 heteroatoms. The highest BCUT2D eigenvalue weighted by Gasteiger charge is 2.23. The van der Waals surface area contributed by atoms with Gasteiger partial charge in [-0.1, -0.05) is 13.0 Å². The van der Waals surface area contributed by atoms with Crippen LogP contribution in [-0.2, 0) is 0 Å². The molecule has 1 aliphatic rings. The number of piperidine rings is 1. The van der Waals surface area contributed by atoms with Crippen molar-refractivity contribution in [1.29, 1.82) is 0 Å². The van der Waals surface area contributed by atoms with E-state index >= 15 is 0 Å². The number of rotatable bonds is 6. The van der Waals surface area contributed by atoms with Gasteiger partial charge in [0.2, 0.25) is 0 Å². The molecule has 2 rings (SSSR count). The Hall–Kier alpha value is -1.75. The molecule has 0 radical (unpaired) electrons. The number of benzene rings is 1. The SMILES string of the molecule is CCCOc1cc(C)ccc1NC(=O)N1CCC[C@@H](CCO)C1. The largest absolute Gasteiger partial charge is 0.491 e. The molecular formula is C18H28N2O3. The lowest BCUT2D eigenvalue weighted by atomic mass is 9.95. The van der Waals surface area contributed by atoms with Crippen LogP contribution in [0.5, 0.6) is 5.75 Å². The van der Waals surface area contributed by atoms with Crippen LogP contribution in [0.15, 0.2) is 18.2 Å². The average Bonchev–Trinajstić information content (AvgIpc) is 2.55. The van der Waals surface area contributed by atoms with Crippen LogP contribution < -0.4 is 10.1 Å². The first-order valence-electron chi connectivity index (χ1n) is 8.54. The van der Waals surface area contributed by atoms with Crippen LogP contribution in [0.3, 0.4) is 0 Å². The van der Waals surface area contributed by atoms with Gasteiger partial charge in [0.25, 0.3) is 0 Å². The highest BCUT2D eigenvalue weighted by Crippen LogP contribution is 2.27. The molecule has 1 saturated heterocycles. The van der Waals surface area contributed by atoms with Crippen LogP contribution in [0, 0.1) is 12.8 Å². The van der Waals surface area contributed by atoms with Gasteiger partial charge in [0.1, 0.15) is 5.75 Å². The van der Waals surface area contributed by atoms with Gasteiger partial charge in [-0.2, -0.15) is 0 Å². The van der Waals surface area contributed by atoms with Crippen LogP contribution in [0.4, 0.5) is 10.5 Å². The van der Waals surface area contributed by atoms with E-state index in [4.69, 9.17) is 9.84 Å². The molecule has 128 valence electrons. The fourth-order valence-corrected chi connectivity index (χ4v) is 2.93. The number of carbonyl (C=O) groups excluding carboxylic acids is 1. The number of nitrogens with zero attached hydrogens (tertiary/aromatic N) is 1. The number of amides is 2. The fraction of sp³-hybridized carbons (Fsp3) is 0.611. The molecule has 1 aliphatic heterocycles. The quantitative estimate of drug-likeness (QED) is 0.844. The molecular weight excluding hydrogens is 292 g/mol. The van der Waals surface area contributed by atoms with Crippen LogP contribution in [0.25, 0.3) is 0 Å². The zero-order valence-corrected chi connectivity index (χ0v) is 14.2. The normalized spacial score (nSPS) is 17.9. The average molecular weight is 320 g/mol. The monoisotopic (exact) mass is 320 g/mol. The fourth-order valence-electron chi connectivity index (χ4n) is 2.93. The summed E-state index contributed by atoms with van der Waals surface area (Å²) in [5.41, 5.74) is 1.83. The van der Waals surface area contributed by atoms with Crippen molar-refractivity contribution in [1.82, 2.24) is 4.90 Å². The van der Waals surface area contributed by atoms with Crippen molar-refractivity contribution in [3.63, 3.8) is 0 Å². The molecule has 2 amide bonds. The van der Waals surface area contributed by atoms with E-state index in [2.05, 4.69) is 12.2 Å². The number of urea groups is 1. The lowest BCUT2D eigenvalue weighted by Crippen LogP contribution is -2.42. The van der Waals surface area contributed by atoms with Gasteiger partial charge in [0.15, 0.2) is 0 Å². The highest BCUT2D eigenvalue weighted by molar-refractivity contribution is 5.91. The number of aryl methyl sites for hydroxylation is 1. The molecule has 0 unspecified atom stereocenters. The minimum absolute atomic E-state index is 0.0853. The Kier molecular flexibility index (Phi) is 6.71. The molecule has 0 spiro atoms. The number of aliphatic hydroxyl groups is 1. The number of carbonyl (C=O) groups is 1. The predicted octanol–water partition coefficient (Wildman–Crippen LogP) is 3.41. The smallest absolute Gasteiger partial charge is 0.321 e. The second-order valence-electron chi connectivity index (χ2n) is 6.24. The Morgan fingerprint density at radius 1 is 1.48 bits per heavy atom. The molecule has 1 aromatic rings. The van der Waals surface area contributed by atoms with Crippen LogP contribution in [0.2, 0.25) is 0 Å². The molecule has 5 nitrogen and oxygen atoms in total. The van der Waals surface area contributed by atoms with Gasteiger partial charge in [-0.25, -0.2) is 4.79 Å². The Morgan fingerprint density at radius 2 is 2.30 bits per heavy atom. The summed E-state index contributed by atoms with van der Waals surface area (Å²) < 4.78 is 5.75. The van der Waals surface area contributed by atoms with Crippen molar-refractivity contribution in [2.75, 3.05) is 31.6 Å². The lowest BCUT2D eigenvalue weighted by Gasteiger charge is -2.32. The van der Waals surface area contributed by atoms with E-state index in [1.807, 2.05) is 30.0 Å². The van der Waals surface area contributed by atoms with E-state index in [1.54, 1.807) is 0 Å². The minimum atomic E-state index is -0.0853. The van der Waals surface area contributed by atoms with Gasteiger partial charge in [-0.15, -0.1) is 0 Å². The van der Waals surface area contributed by atoms with E-state index in [0.29, 0.717) is 19.1 Å². The van der Waals surface area contributed by atoms with E-state index in [1.165, 1.54) is 0 Å².